The molecule has 1 saturated heterocycles. The van der Waals surface area contributed by atoms with Crippen molar-refractivity contribution in [2.45, 2.75) is 6.92 Å². The molecule has 0 aromatic carbocycles. The predicted molar refractivity (Wildman–Crippen MR) is 92.8 cm³/mol. The third-order valence-electron chi connectivity index (χ3n) is 3.86. The van der Waals surface area contributed by atoms with Crippen LogP contribution in [-0.4, -0.2) is 53.6 Å². The number of halogens is 1. The normalized spacial score (nSPS) is 14.6. The van der Waals surface area contributed by atoms with Gasteiger partial charge in [0.05, 0.1) is 11.6 Å². The van der Waals surface area contributed by atoms with Crippen molar-refractivity contribution in [1.82, 2.24) is 14.9 Å². The summed E-state index contributed by atoms with van der Waals surface area (Å²) in [5.74, 6) is 1.18. The molecule has 1 fully saturated rings. The average molecular weight is 347 g/mol. The SMILES string of the molecule is CCOc1ccc(Cl)c(C(=O)N2CCN(c3ccccn3)CC2)n1. The van der Waals surface area contributed by atoms with Crippen molar-refractivity contribution in [3.05, 3.63) is 47.2 Å². The van der Waals surface area contributed by atoms with Crippen LogP contribution < -0.4 is 9.64 Å². The second-order valence-electron chi connectivity index (χ2n) is 5.38. The maximum Gasteiger partial charge on any atom is 0.274 e. The molecule has 0 N–H and O–H groups in total. The van der Waals surface area contributed by atoms with Crippen LogP contribution in [0.3, 0.4) is 0 Å². The topological polar surface area (TPSA) is 58.6 Å². The highest BCUT2D eigenvalue weighted by Gasteiger charge is 2.25. The molecule has 1 aliphatic rings. The zero-order valence-corrected chi connectivity index (χ0v) is 14.2. The summed E-state index contributed by atoms with van der Waals surface area (Å²) in [5, 5.41) is 0.343. The number of amides is 1. The minimum atomic E-state index is -0.165. The molecule has 24 heavy (non-hydrogen) atoms. The van der Waals surface area contributed by atoms with Crippen molar-refractivity contribution in [3.8, 4) is 5.88 Å². The van der Waals surface area contributed by atoms with E-state index in [0.717, 1.165) is 18.9 Å². The Hall–Kier alpha value is -2.34. The van der Waals surface area contributed by atoms with Crippen molar-refractivity contribution >= 4 is 23.3 Å². The largest absolute Gasteiger partial charge is 0.478 e. The van der Waals surface area contributed by atoms with Crippen molar-refractivity contribution in [3.63, 3.8) is 0 Å². The minimum absolute atomic E-state index is 0.165. The van der Waals surface area contributed by atoms with Crippen molar-refractivity contribution in [2.75, 3.05) is 37.7 Å². The van der Waals surface area contributed by atoms with Gasteiger partial charge in [-0.1, -0.05) is 17.7 Å². The fourth-order valence-corrected chi connectivity index (χ4v) is 2.82. The number of carbonyl (C=O) groups excluding carboxylic acids is 1. The molecule has 3 heterocycles. The molecule has 0 spiro atoms. The number of pyridine rings is 2. The first-order chi connectivity index (χ1) is 11.7. The van der Waals surface area contributed by atoms with Gasteiger partial charge in [-0.3, -0.25) is 4.79 Å². The second-order valence-corrected chi connectivity index (χ2v) is 5.79. The third-order valence-corrected chi connectivity index (χ3v) is 4.16. The maximum atomic E-state index is 12.7. The molecule has 0 aliphatic carbocycles. The van der Waals surface area contributed by atoms with Gasteiger partial charge in [-0.2, -0.15) is 0 Å². The highest BCUT2D eigenvalue weighted by Crippen LogP contribution is 2.21. The number of hydrogen-bond donors (Lipinski definition) is 0. The van der Waals surface area contributed by atoms with E-state index in [0.29, 0.717) is 30.6 Å². The summed E-state index contributed by atoms with van der Waals surface area (Å²) in [4.78, 5) is 25.2. The first-order valence-corrected chi connectivity index (χ1v) is 8.31. The lowest BCUT2D eigenvalue weighted by Crippen LogP contribution is -2.49. The third kappa shape index (κ3) is 3.59. The first-order valence-electron chi connectivity index (χ1n) is 7.93. The highest BCUT2D eigenvalue weighted by atomic mass is 35.5. The molecule has 1 amide bonds. The van der Waals surface area contributed by atoms with E-state index in [4.69, 9.17) is 16.3 Å². The lowest BCUT2D eigenvalue weighted by Gasteiger charge is -2.35. The Bertz CT molecular complexity index is 703. The Morgan fingerprint density at radius 1 is 1.21 bits per heavy atom. The Morgan fingerprint density at radius 2 is 2.00 bits per heavy atom. The van der Waals surface area contributed by atoms with Gasteiger partial charge in [0.25, 0.3) is 5.91 Å². The number of carbonyl (C=O) groups is 1. The monoisotopic (exact) mass is 346 g/mol. The first kappa shape index (κ1) is 16.5. The van der Waals surface area contributed by atoms with Crippen LogP contribution in [0.5, 0.6) is 5.88 Å². The number of ether oxygens (including phenoxy) is 1. The zero-order chi connectivity index (χ0) is 16.9. The van der Waals surface area contributed by atoms with Gasteiger partial charge in [0.1, 0.15) is 5.82 Å². The summed E-state index contributed by atoms with van der Waals surface area (Å²) in [5.41, 5.74) is 0.244. The van der Waals surface area contributed by atoms with Crippen molar-refractivity contribution < 1.29 is 9.53 Å². The molecule has 0 radical (unpaired) electrons. The van der Waals surface area contributed by atoms with Gasteiger partial charge in [-0.05, 0) is 25.1 Å². The summed E-state index contributed by atoms with van der Waals surface area (Å²) in [6, 6.07) is 9.14. The van der Waals surface area contributed by atoms with E-state index in [1.54, 1.807) is 23.2 Å². The summed E-state index contributed by atoms with van der Waals surface area (Å²) in [6.07, 6.45) is 1.77. The number of hydrogen-bond acceptors (Lipinski definition) is 5. The van der Waals surface area contributed by atoms with Crippen LogP contribution in [0, 0.1) is 0 Å². The molecular weight excluding hydrogens is 328 g/mol. The molecule has 126 valence electrons. The number of anilines is 1. The Balaban J connectivity index is 1.68. The zero-order valence-electron chi connectivity index (χ0n) is 13.5. The standard InChI is InChI=1S/C17H19ClN4O2/c1-2-24-15-7-6-13(18)16(20-15)17(23)22-11-9-21(10-12-22)14-5-3-4-8-19-14/h3-8H,2,9-12H2,1H3. The number of aromatic nitrogens is 2. The Kier molecular flexibility index (Phi) is 5.15. The quantitative estimate of drug-likeness (QED) is 0.851. The molecule has 2 aromatic heterocycles. The van der Waals surface area contributed by atoms with Crippen LogP contribution in [0.2, 0.25) is 5.02 Å². The summed E-state index contributed by atoms with van der Waals surface area (Å²) in [6.45, 7) is 5.02. The Morgan fingerprint density at radius 3 is 2.67 bits per heavy atom. The van der Waals surface area contributed by atoms with Gasteiger partial charge >= 0.3 is 0 Å². The van der Waals surface area contributed by atoms with Crippen molar-refractivity contribution in [1.29, 1.82) is 0 Å². The van der Waals surface area contributed by atoms with Crippen molar-refractivity contribution in [2.24, 2.45) is 0 Å². The fourth-order valence-electron chi connectivity index (χ4n) is 2.63. The van der Waals surface area contributed by atoms with Crippen LogP contribution in [-0.2, 0) is 0 Å². The van der Waals surface area contributed by atoms with Gasteiger partial charge < -0.3 is 14.5 Å². The van der Waals surface area contributed by atoms with Gasteiger partial charge in [0.2, 0.25) is 5.88 Å². The van der Waals surface area contributed by atoms with E-state index in [1.165, 1.54) is 0 Å². The van der Waals surface area contributed by atoms with E-state index in [-0.39, 0.29) is 11.6 Å². The molecule has 1 aliphatic heterocycles. The fraction of sp³-hybridized carbons (Fsp3) is 0.353. The predicted octanol–water partition coefficient (Wildman–Crippen LogP) is 2.49. The van der Waals surface area contributed by atoms with Crippen LogP contribution in [0.1, 0.15) is 17.4 Å². The van der Waals surface area contributed by atoms with Gasteiger partial charge in [-0.25, -0.2) is 9.97 Å². The van der Waals surface area contributed by atoms with Gasteiger partial charge in [0.15, 0.2) is 5.69 Å². The molecule has 0 saturated carbocycles. The highest BCUT2D eigenvalue weighted by molar-refractivity contribution is 6.33. The lowest BCUT2D eigenvalue weighted by atomic mass is 10.2. The van der Waals surface area contributed by atoms with Crippen LogP contribution in [0.25, 0.3) is 0 Å². The number of rotatable bonds is 4. The molecule has 0 atom stereocenters. The molecule has 0 unspecified atom stereocenters. The van der Waals surface area contributed by atoms with Crippen LogP contribution in [0.15, 0.2) is 36.5 Å². The molecular formula is C17H19ClN4O2. The molecule has 2 aromatic rings. The second kappa shape index (κ2) is 7.49. The molecule has 0 bridgehead atoms. The summed E-state index contributed by atoms with van der Waals surface area (Å²) >= 11 is 6.15. The molecule has 7 heteroatoms. The summed E-state index contributed by atoms with van der Waals surface area (Å²) < 4.78 is 5.36. The van der Waals surface area contributed by atoms with Gasteiger partial charge in [-0.15, -0.1) is 0 Å². The molecule has 3 rings (SSSR count). The van der Waals surface area contributed by atoms with E-state index in [1.807, 2.05) is 25.1 Å². The van der Waals surface area contributed by atoms with Gasteiger partial charge in [0, 0.05) is 38.4 Å². The van der Waals surface area contributed by atoms with E-state index < -0.39 is 0 Å². The Labute approximate surface area is 146 Å². The minimum Gasteiger partial charge on any atom is -0.478 e. The van der Waals surface area contributed by atoms with E-state index in [2.05, 4.69) is 14.9 Å². The lowest BCUT2D eigenvalue weighted by molar-refractivity contribution is 0.0739. The maximum absolute atomic E-state index is 12.7. The number of piperazine rings is 1. The number of nitrogens with zero attached hydrogens (tertiary/aromatic N) is 4. The van der Waals surface area contributed by atoms with Crippen LogP contribution >= 0.6 is 11.6 Å². The molecule has 6 nitrogen and oxygen atoms in total. The van der Waals surface area contributed by atoms with E-state index in [9.17, 15) is 4.79 Å². The smallest absolute Gasteiger partial charge is 0.274 e. The average Bonchev–Trinajstić information content (AvgIpc) is 2.64. The summed E-state index contributed by atoms with van der Waals surface area (Å²) in [7, 11) is 0. The van der Waals surface area contributed by atoms with Crippen LogP contribution in [0.4, 0.5) is 5.82 Å². The van der Waals surface area contributed by atoms with E-state index >= 15 is 0 Å².